The molecule has 1 aromatic carbocycles. The molecule has 0 amide bonds. The maximum absolute atomic E-state index is 9.00. The zero-order valence-electron chi connectivity index (χ0n) is 9.09. The topological polar surface area (TPSA) is 80.4 Å². The van der Waals surface area contributed by atoms with Gasteiger partial charge in [0.2, 0.25) is 0 Å². The highest BCUT2D eigenvalue weighted by Crippen LogP contribution is 2.20. The molecule has 90 valence electrons. The number of nitrogen functional groups attached to an aromatic ring is 1. The predicted molar refractivity (Wildman–Crippen MR) is 66.6 cm³/mol. The Kier molecular flexibility index (Phi) is 3.92. The highest BCUT2D eigenvalue weighted by molar-refractivity contribution is 7.15. The normalized spacial score (nSPS) is 10.2. The van der Waals surface area contributed by atoms with Crippen molar-refractivity contribution in [2.75, 3.05) is 5.43 Å². The van der Waals surface area contributed by atoms with Crippen LogP contribution in [0.1, 0.15) is 10.4 Å². The van der Waals surface area contributed by atoms with Gasteiger partial charge >= 0.3 is 0 Å². The Morgan fingerprint density at radius 3 is 3.06 bits per heavy atom. The van der Waals surface area contributed by atoms with Gasteiger partial charge < -0.3 is 9.84 Å². The van der Waals surface area contributed by atoms with Gasteiger partial charge in [0.25, 0.3) is 0 Å². The minimum Gasteiger partial charge on any atom is -0.488 e. The summed E-state index contributed by atoms with van der Waals surface area (Å²) in [5.41, 5.74) is 3.31. The molecule has 0 aliphatic carbocycles. The molecule has 5 nitrogen and oxygen atoms in total. The van der Waals surface area contributed by atoms with Crippen LogP contribution in [0, 0.1) is 0 Å². The summed E-state index contributed by atoms with van der Waals surface area (Å²) in [6.07, 6.45) is 1.72. The van der Waals surface area contributed by atoms with Crippen LogP contribution in [0.25, 0.3) is 0 Å². The lowest BCUT2D eigenvalue weighted by Gasteiger charge is -2.05. The van der Waals surface area contributed by atoms with Crippen molar-refractivity contribution in [2.45, 2.75) is 13.2 Å². The lowest BCUT2D eigenvalue weighted by Crippen LogP contribution is -2.05. The summed E-state index contributed by atoms with van der Waals surface area (Å²) in [5.74, 6) is 5.97. The van der Waals surface area contributed by atoms with E-state index < -0.39 is 0 Å². The number of anilines is 1. The molecule has 0 saturated carbocycles. The minimum absolute atomic E-state index is 0.0129. The Hall–Kier alpha value is -1.63. The fourth-order valence-corrected chi connectivity index (χ4v) is 1.96. The molecule has 1 heterocycles. The number of aliphatic hydroxyl groups is 1. The summed E-state index contributed by atoms with van der Waals surface area (Å²) in [6.45, 7) is 0.452. The third-order valence-electron chi connectivity index (χ3n) is 2.14. The molecule has 17 heavy (non-hydrogen) atoms. The summed E-state index contributed by atoms with van der Waals surface area (Å²) >= 11 is 1.44. The second kappa shape index (κ2) is 5.62. The van der Waals surface area contributed by atoms with Crippen molar-refractivity contribution in [1.82, 2.24) is 4.98 Å². The zero-order chi connectivity index (χ0) is 12.1. The van der Waals surface area contributed by atoms with Crippen LogP contribution in [0.4, 0.5) is 5.13 Å². The van der Waals surface area contributed by atoms with E-state index in [0.717, 1.165) is 16.2 Å². The summed E-state index contributed by atoms with van der Waals surface area (Å²) in [5, 5.41) is 9.66. The maximum atomic E-state index is 9.00. The number of aliphatic hydroxyl groups excluding tert-OH is 1. The van der Waals surface area contributed by atoms with Crippen LogP contribution in [0.2, 0.25) is 0 Å². The average molecular weight is 251 g/mol. The molecule has 0 radical (unpaired) electrons. The third-order valence-corrected chi connectivity index (χ3v) is 3.04. The second-order valence-corrected chi connectivity index (χ2v) is 4.49. The molecule has 0 bridgehead atoms. The van der Waals surface area contributed by atoms with Crippen LogP contribution in [-0.2, 0) is 13.2 Å². The van der Waals surface area contributed by atoms with Crippen LogP contribution >= 0.6 is 11.3 Å². The molecule has 6 heteroatoms. The predicted octanol–water partition coefficient (Wildman–Crippen LogP) is 1.50. The quantitative estimate of drug-likeness (QED) is 0.554. The number of hydrogen-bond donors (Lipinski definition) is 3. The number of hydrazine groups is 1. The van der Waals surface area contributed by atoms with Gasteiger partial charge in [0.05, 0.1) is 11.5 Å². The van der Waals surface area contributed by atoms with Gasteiger partial charge in [-0.05, 0) is 17.7 Å². The first-order valence-electron chi connectivity index (χ1n) is 5.05. The molecule has 4 N–H and O–H groups in total. The number of nitrogens with two attached hydrogens (primary N) is 1. The maximum Gasteiger partial charge on any atom is 0.197 e. The first-order chi connectivity index (χ1) is 8.31. The average Bonchev–Trinajstić information content (AvgIpc) is 2.84. The van der Waals surface area contributed by atoms with Crippen molar-refractivity contribution >= 4 is 16.5 Å². The lowest BCUT2D eigenvalue weighted by molar-refractivity contribution is 0.278. The molecule has 2 aromatic rings. The van der Waals surface area contributed by atoms with E-state index in [2.05, 4.69) is 10.4 Å². The SMILES string of the molecule is NNc1ncc(COc2cccc(CO)c2)s1. The number of thiazole rings is 1. The standard InChI is InChI=1S/C11H13N3O2S/c12-14-11-13-5-10(17-11)7-16-9-3-1-2-8(4-9)6-15/h1-5,15H,6-7,12H2,(H,13,14). The van der Waals surface area contributed by atoms with Crippen molar-refractivity contribution in [3.05, 3.63) is 40.9 Å². The number of ether oxygens (including phenoxy) is 1. The van der Waals surface area contributed by atoms with E-state index in [1.807, 2.05) is 24.3 Å². The second-order valence-electron chi connectivity index (χ2n) is 3.37. The Morgan fingerprint density at radius 2 is 2.35 bits per heavy atom. The molecule has 0 unspecified atom stereocenters. The highest BCUT2D eigenvalue weighted by atomic mass is 32.1. The number of nitrogens with zero attached hydrogens (tertiary/aromatic N) is 1. The Balaban J connectivity index is 1.96. The molecular weight excluding hydrogens is 238 g/mol. The van der Waals surface area contributed by atoms with Crippen molar-refractivity contribution in [1.29, 1.82) is 0 Å². The van der Waals surface area contributed by atoms with Gasteiger partial charge in [-0.1, -0.05) is 23.5 Å². The Morgan fingerprint density at radius 1 is 1.47 bits per heavy atom. The van der Waals surface area contributed by atoms with Gasteiger partial charge in [-0.15, -0.1) is 0 Å². The first kappa shape index (κ1) is 11.8. The van der Waals surface area contributed by atoms with Gasteiger partial charge in [0.1, 0.15) is 12.4 Å². The summed E-state index contributed by atoms with van der Waals surface area (Å²) in [6, 6.07) is 7.35. The molecule has 0 aliphatic heterocycles. The lowest BCUT2D eigenvalue weighted by atomic mass is 10.2. The van der Waals surface area contributed by atoms with E-state index in [-0.39, 0.29) is 6.61 Å². The van der Waals surface area contributed by atoms with Crippen LogP contribution in [0.5, 0.6) is 5.75 Å². The van der Waals surface area contributed by atoms with Crippen LogP contribution in [0.15, 0.2) is 30.5 Å². The van der Waals surface area contributed by atoms with Crippen molar-refractivity contribution < 1.29 is 9.84 Å². The highest BCUT2D eigenvalue weighted by Gasteiger charge is 2.02. The monoisotopic (exact) mass is 251 g/mol. The smallest absolute Gasteiger partial charge is 0.197 e. The fraction of sp³-hybridized carbons (Fsp3) is 0.182. The number of benzene rings is 1. The molecule has 0 spiro atoms. The van der Waals surface area contributed by atoms with Gasteiger partial charge in [0, 0.05) is 6.20 Å². The summed E-state index contributed by atoms with van der Waals surface area (Å²) in [7, 11) is 0. The molecule has 0 fully saturated rings. The molecule has 0 aliphatic rings. The van der Waals surface area contributed by atoms with E-state index >= 15 is 0 Å². The van der Waals surface area contributed by atoms with Gasteiger partial charge in [-0.25, -0.2) is 10.8 Å². The van der Waals surface area contributed by atoms with Crippen LogP contribution < -0.4 is 16.0 Å². The van der Waals surface area contributed by atoms with E-state index in [1.165, 1.54) is 11.3 Å². The fourth-order valence-electron chi connectivity index (χ4n) is 1.33. The molecule has 1 aromatic heterocycles. The Labute approximate surface area is 103 Å². The van der Waals surface area contributed by atoms with Crippen LogP contribution in [0.3, 0.4) is 0 Å². The summed E-state index contributed by atoms with van der Waals surface area (Å²) < 4.78 is 5.58. The van der Waals surface area contributed by atoms with Crippen molar-refractivity contribution in [3.8, 4) is 5.75 Å². The van der Waals surface area contributed by atoms with Crippen molar-refractivity contribution in [3.63, 3.8) is 0 Å². The van der Waals surface area contributed by atoms with Gasteiger partial charge in [0.15, 0.2) is 5.13 Å². The number of hydrogen-bond acceptors (Lipinski definition) is 6. The molecule has 2 rings (SSSR count). The van der Waals surface area contributed by atoms with Crippen LogP contribution in [-0.4, -0.2) is 10.1 Å². The number of nitrogens with one attached hydrogen (secondary N) is 1. The van der Waals surface area contributed by atoms with Gasteiger partial charge in [-0.2, -0.15) is 0 Å². The number of aromatic nitrogens is 1. The summed E-state index contributed by atoms with van der Waals surface area (Å²) in [4.78, 5) is 5.02. The Bertz CT molecular complexity index is 487. The van der Waals surface area contributed by atoms with E-state index in [4.69, 9.17) is 15.7 Å². The van der Waals surface area contributed by atoms with Crippen molar-refractivity contribution in [2.24, 2.45) is 5.84 Å². The van der Waals surface area contributed by atoms with E-state index in [1.54, 1.807) is 6.20 Å². The zero-order valence-corrected chi connectivity index (χ0v) is 9.91. The third kappa shape index (κ3) is 3.16. The van der Waals surface area contributed by atoms with Gasteiger partial charge in [-0.3, -0.25) is 5.43 Å². The van der Waals surface area contributed by atoms with E-state index in [9.17, 15) is 0 Å². The minimum atomic E-state index is 0.0129. The molecule has 0 atom stereocenters. The molecule has 0 saturated heterocycles. The largest absolute Gasteiger partial charge is 0.488 e. The number of rotatable bonds is 5. The van der Waals surface area contributed by atoms with E-state index in [0.29, 0.717) is 11.7 Å². The first-order valence-corrected chi connectivity index (χ1v) is 5.87. The molecular formula is C11H13N3O2S.